The summed E-state index contributed by atoms with van der Waals surface area (Å²) in [6.45, 7) is 2.56. The van der Waals surface area contributed by atoms with Gasteiger partial charge >= 0.3 is 6.09 Å². The molecule has 1 unspecified atom stereocenters. The summed E-state index contributed by atoms with van der Waals surface area (Å²) in [7, 11) is 0. The maximum absolute atomic E-state index is 10.9. The summed E-state index contributed by atoms with van der Waals surface area (Å²) < 4.78 is 6.08. The number of carbonyl (C=O) groups excluding carboxylic acids is 1. The van der Waals surface area contributed by atoms with Gasteiger partial charge in [0, 0.05) is 10.0 Å². The smallest absolute Gasteiger partial charge is 0.407 e. The number of alkyl carbamates (subject to hydrolysis) is 1. The second-order valence-corrected chi connectivity index (χ2v) is 4.15. The number of carbonyl (C=O) groups is 1. The van der Waals surface area contributed by atoms with Crippen molar-refractivity contribution in [2.75, 3.05) is 6.54 Å². The summed E-state index contributed by atoms with van der Waals surface area (Å²) >= 11 is 3.44. The molecule has 0 saturated carbocycles. The number of aryl methyl sites for hydroxylation is 1. The topological polar surface area (TPSA) is 38.3 Å². The van der Waals surface area contributed by atoms with Crippen molar-refractivity contribution >= 4 is 22.0 Å². The summed E-state index contributed by atoms with van der Waals surface area (Å²) in [5.74, 6) is 0. The molecule has 3 nitrogen and oxygen atoms in total. The number of benzene rings is 1. The Morgan fingerprint density at radius 2 is 2.36 bits per heavy atom. The van der Waals surface area contributed by atoms with Gasteiger partial charge in [-0.1, -0.05) is 33.6 Å². The Morgan fingerprint density at radius 3 is 3.00 bits per heavy atom. The molecule has 1 aliphatic heterocycles. The van der Waals surface area contributed by atoms with Crippen molar-refractivity contribution in [2.45, 2.75) is 13.0 Å². The van der Waals surface area contributed by atoms with Crippen LogP contribution in [0.15, 0.2) is 22.7 Å². The molecule has 0 spiro atoms. The van der Waals surface area contributed by atoms with Crippen molar-refractivity contribution in [1.82, 2.24) is 5.32 Å². The second kappa shape index (κ2) is 3.61. The Labute approximate surface area is 90.6 Å². The standard InChI is InChI=1S/C10H10BrNO2/c1-6-2-3-8(11)7(4-6)9-5-12-10(13)14-9/h2-4,9H,5H2,1H3,(H,12,13). The van der Waals surface area contributed by atoms with Crippen LogP contribution in [0, 0.1) is 6.92 Å². The molecular formula is C10H10BrNO2. The van der Waals surface area contributed by atoms with E-state index >= 15 is 0 Å². The molecule has 1 N–H and O–H groups in total. The van der Waals surface area contributed by atoms with Gasteiger partial charge in [0.05, 0.1) is 6.54 Å². The van der Waals surface area contributed by atoms with Crippen LogP contribution in [0.4, 0.5) is 4.79 Å². The molecular weight excluding hydrogens is 246 g/mol. The van der Waals surface area contributed by atoms with E-state index < -0.39 is 0 Å². The molecule has 0 bridgehead atoms. The number of rotatable bonds is 1. The minimum atomic E-state index is -0.344. The van der Waals surface area contributed by atoms with Gasteiger partial charge in [0.25, 0.3) is 0 Å². The first-order valence-electron chi connectivity index (χ1n) is 4.37. The highest BCUT2D eigenvalue weighted by molar-refractivity contribution is 9.10. The predicted octanol–water partition coefficient (Wildman–Crippen LogP) is 2.54. The highest BCUT2D eigenvalue weighted by atomic mass is 79.9. The molecule has 1 amide bonds. The summed E-state index contributed by atoms with van der Waals surface area (Å²) in [6, 6.07) is 6.00. The highest BCUT2D eigenvalue weighted by Gasteiger charge is 2.25. The third-order valence-corrected chi connectivity index (χ3v) is 2.90. The quantitative estimate of drug-likeness (QED) is 0.838. The van der Waals surface area contributed by atoms with Crippen LogP contribution < -0.4 is 5.32 Å². The Bertz CT molecular complexity index is 378. The molecule has 2 rings (SSSR count). The molecule has 74 valence electrons. The van der Waals surface area contributed by atoms with Crippen molar-refractivity contribution in [3.05, 3.63) is 33.8 Å². The lowest BCUT2D eigenvalue weighted by molar-refractivity contribution is 0.141. The molecule has 4 heteroatoms. The first kappa shape index (κ1) is 9.52. The van der Waals surface area contributed by atoms with E-state index in [-0.39, 0.29) is 12.2 Å². The van der Waals surface area contributed by atoms with Crippen molar-refractivity contribution in [1.29, 1.82) is 0 Å². The van der Waals surface area contributed by atoms with E-state index in [2.05, 4.69) is 21.2 Å². The number of hydrogen-bond donors (Lipinski definition) is 1. The van der Waals surface area contributed by atoms with Crippen molar-refractivity contribution in [3.63, 3.8) is 0 Å². The Kier molecular flexibility index (Phi) is 2.46. The Balaban J connectivity index is 2.31. The third kappa shape index (κ3) is 1.75. The van der Waals surface area contributed by atoms with Crippen molar-refractivity contribution < 1.29 is 9.53 Å². The fourth-order valence-corrected chi connectivity index (χ4v) is 1.97. The molecule has 14 heavy (non-hydrogen) atoms. The van der Waals surface area contributed by atoms with E-state index in [1.807, 2.05) is 25.1 Å². The molecule has 1 saturated heterocycles. The first-order chi connectivity index (χ1) is 6.66. The average molecular weight is 256 g/mol. The van der Waals surface area contributed by atoms with E-state index in [4.69, 9.17) is 4.74 Å². The fourth-order valence-electron chi connectivity index (χ4n) is 1.47. The molecule has 0 aliphatic carbocycles. The summed E-state index contributed by atoms with van der Waals surface area (Å²) in [4.78, 5) is 10.9. The van der Waals surface area contributed by atoms with Crippen LogP contribution in [0.2, 0.25) is 0 Å². The third-order valence-electron chi connectivity index (χ3n) is 2.18. The number of ether oxygens (including phenoxy) is 1. The predicted molar refractivity (Wildman–Crippen MR) is 56.1 cm³/mol. The highest BCUT2D eigenvalue weighted by Crippen LogP contribution is 2.28. The monoisotopic (exact) mass is 255 g/mol. The zero-order valence-corrected chi connectivity index (χ0v) is 9.30. The van der Waals surface area contributed by atoms with Gasteiger partial charge in [0.1, 0.15) is 6.10 Å². The van der Waals surface area contributed by atoms with Crippen LogP contribution in [0.25, 0.3) is 0 Å². The van der Waals surface area contributed by atoms with Gasteiger partial charge in [-0.3, -0.25) is 0 Å². The summed E-state index contributed by atoms with van der Waals surface area (Å²) in [5.41, 5.74) is 2.18. The van der Waals surface area contributed by atoms with Crippen LogP contribution in [0.1, 0.15) is 17.2 Å². The maximum Gasteiger partial charge on any atom is 0.407 e. The lowest BCUT2D eigenvalue weighted by atomic mass is 10.1. The SMILES string of the molecule is Cc1ccc(Br)c(C2CNC(=O)O2)c1. The largest absolute Gasteiger partial charge is 0.439 e. The van der Waals surface area contributed by atoms with Gasteiger partial charge in [-0.2, -0.15) is 0 Å². The Morgan fingerprint density at radius 1 is 1.57 bits per heavy atom. The van der Waals surface area contributed by atoms with Crippen molar-refractivity contribution in [3.8, 4) is 0 Å². The molecule has 1 fully saturated rings. The maximum atomic E-state index is 10.9. The molecule has 1 aromatic carbocycles. The van der Waals surface area contributed by atoms with Gasteiger partial charge in [0.2, 0.25) is 0 Å². The van der Waals surface area contributed by atoms with Crippen LogP contribution >= 0.6 is 15.9 Å². The zero-order chi connectivity index (χ0) is 10.1. The lowest BCUT2D eigenvalue weighted by Crippen LogP contribution is -2.12. The van der Waals surface area contributed by atoms with Crippen LogP contribution in [-0.4, -0.2) is 12.6 Å². The van der Waals surface area contributed by atoms with Crippen molar-refractivity contribution in [2.24, 2.45) is 0 Å². The van der Waals surface area contributed by atoms with E-state index in [9.17, 15) is 4.79 Å². The molecule has 1 aromatic rings. The molecule has 0 aromatic heterocycles. The van der Waals surface area contributed by atoms with E-state index in [1.54, 1.807) is 0 Å². The number of nitrogens with one attached hydrogen (secondary N) is 1. The Hall–Kier alpha value is -1.03. The zero-order valence-electron chi connectivity index (χ0n) is 7.71. The van der Waals surface area contributed by atoms with Gasteiger partial charge in [-0.05, 0) is 13.0 Å². The van der Waals surface area contributed by atoms with E-state index in [0.29, 0.717) is 6.54 Å². The van der Waals surface area contributed by atoms with E-state index in [1.165, 1.54) is 0 Å². The molecule has 1 heterocycles. The van der Waals surface area contributed by atoms with E-state index in [0.717, 1.165) is 15.6 Å². The second-order valence-electron chi connectivity index (χ2n) is 3.30. The molecule has 1 atom stereocenters. The number of cyclic esters (lactones) is 1. The minimum Gasteiger partial charge on any atom is -0.439 e. The number of halogens is 1. The van der Waals surface area contributed by atoms with Gasteiger partial charge < -0.3 is 10.1 Å². The summed E-state index contributed by atoms with van der Waals surface area (Å²) in [5, 5.41) is 2.63. The van der Waals surface area contributed by atoms with Gasteiger partial charge in [-0.25, -0.2) is 4.79 Å². The molecule has 0 radical (unpaired) electrons. The van der Waals surface area contributed by atoms with Gasteiger partial charge in [-0.15, -0.1) is 0 Å². The normalized spacial score (nSPS) is 20.4. The number of hydrogen-bond acceptors (Lipinski definition) is 2. The molecule has 1 aliphatic rings. The van der Waals surface area contributed by atoms with Crippen LogP contribution in [0.3, 0.4) is 0 Å². The number of amides is 1. The fraction of sp³-hybridized carbons (Fsp3) is 0.300. The minimum absolute atomic E-state index is 0.170. The van der Waals surface area contributed by atoms with Crippen LogP contribution in [0.5, 0.6) is 0 Å². The van der Waals surface area contributed by atoms with Gasteiger partial charge in [0.15, 0.2) is 0 Å². The average Bonchev–Trinajstić information content (AvgIpc) is 2.56. The first-order valence-corrected chi connectivity index (χ1v) is 5.16. The summed E-state index contributed by atoms with van der Waals surface area (Å²) in [6.07, 6.45) is -0.514. The van der Waals surface area contributed by atoms with Crippen LogP contribution in [-0.2, 0) is 4.74 Å². The lowest BCUT2D eigenvalue weighted by Gasteiger charge is -2.10.